The Bertz CT molecular complexity index is 1070. The highest BCUT2D eigenvalue weighted by atomic mass is 16.3. The van der Waals surface area contributed by atoms with Crippen molar-refractivity contribution in [2.45, 2.75) is 25.9 Å². The average molecular weight is 402 g/mol. The standard InChI is InChI=1S/C23H22N4O3/c1-16-3-5-18(6-4-16)21(28)19-20(17-7-9-24-10-8-17)27(23(30)22(19)29)13-2-12-26-14-11-25-15-26/h3-11,14-15,20,28H,2,12-13H2,1H3/t20-/m1/s1. The molecule has 1 N–H and O–H groups in total. The molecule has 2 aromatic heterocycles. The van der Waals surface area contributed by atoms with Gasteiger partial charge in [0.05, 0.1) is 17.9 Å². The summed E-state index contributed by atoms with van der Waals surface area (Å²) >= 11 is 0. The molecule has 1 aromatic carbocycles. The van der Waals surface area contributed by atoms with Crippen LogP contribution in [-0.4, -0.2) is 42.8 Å². The molecule has 30 heavy (non-hydrogen) atoms. The molecule has 4 rings (SSSR count). The molecule has 1 saturated heterocycles. The van der Waals surface area contributed by atoms with Crippen molar-refractivity contribution < 1.29 is 14.7 Å². The first-order valence-electron chi connectivity index (χ1n) is 9.77. The van der Waals surface area contributed by atoms with Crippen molar-refractivity contribution in [1.29, 1.82) is 0 Å². The molecular formula is C23H22N4O3. The maximum absolute atomic E-state index is 12.9. The van der Waals surface area contributed by atoms with Crippen LogP contribution in [0, 0.1) is 6.92 Å². The number of ketones is 1. The third-order valence-corrected chi connectivity index (χ3v) is 5.26. The van der Waals surface area contributed by atoms with Gasteiger partial charge in [-0.25, -0.2) is 4.98 Å². The van der Waals surface area contributed by atoms with Crippen LogP contribution in [0.4, 0.5) is 0 Å². The van der Waals surface area contributed by atoms with Gasteiger partial charge < -0.3 is 14.6 Å². The zero-order valence-corrected chi connectivity index (χ0v) is 16.6. The number of aromatic nitrogens is 3. The number of aliphatic hydroxyl groups is 1. The summed E-state index contributed by atoms with van der Waals surface area (Å²) in [4.78, 5) is 35.4. The Morgan fingerprint density at radius 1 is 1.00 bits per heavy atom. The van der Waals surface area contributed by atoms with E-state index in [4.69, 9.17) is 0 Å². The summed E-state index contributed by atoms with van der Waals surface area (Å²) in [5.41, 5.74) is 2.39. The predicted octanol–water partition coefficient (Wildman–Crippen LogP) is 3.10. The van der Waals surface area contributed by atoms with E-state index < -0.39 is 17.7 Å². The lowest BCUT2D eigenvalue weighted by atomic mass is 9.95. The fraction of sp³-hybridized carbons (Fsp3) is 0.217. The number of aryl methyl sites for hydroxylation is 2. The van der Waals surface area contributed by atoms with Crippen LogP contribution in [0.2, 0.25) is 0 Å². The second-order valence-corrected chi connectivity index (χ2v) is 7.29. The van der Waals surface area contributed by atoms with Gasteiger partial charge in [0.1, 0.15) is 5.76 Å². The van der Waals surface area contributed by atoms with Crippen molar-refractivity contribution in [3.8, 4) is 0 Å². The van der Waals surface area contributed by atoms with Gasteiger partial charge in [-0.3, -0.25) is 14.6 Å². The molecule has 1 aliphatic rings. The van der Waals surface area contributed by atoms with Crippen molar-refractivity contribution >= 4 is 17.4 Å². The van der Waals surface area contributed by atoms with E-state index in [9.17, 15) is 14.7 Å². The second kappa shape index (κ2) is 8.32. The summed E-state index contributed by atoms with van der Waals surface area (Å²) in [7, 11) is 0. The molecule has 0 aliphatic carbocycles. The van der Waals surface area contributed by atoms with Crippen LogP contribution < -0.4 is 0 Å². The summed E-state index contributed by atoms with van der Waals surface area (Å²) in [6.45, 7) is 2.99. The Labute approximate surface area is 174 Å². The molecule has 0 bridgehead atoms. The van der Waals surface area contributed by atoms with E-state index in [-0.39, 0.29) is 11.3 Å². The van der Waals surface area contributed by atoms with Gasteiger partial charge in [-0.05, 0) is 31.0 Å². The first-order chi connectivity index (χ1) is 14.6. The molecule has 3 heterocycles. The minimum absolute atomic E-state index is 0.109. The lowest BCUT2D eigenvalue weighted by Gasteiger charge is -2.25. The number of hydrogen-bond acceptors (Lipinski definition) is 5. The molecule has 0 radical (unpaired) electrons. The monoisotopic (exact) mass is 402 g/mol. The number of pyridine rings is 1. The number of benzene rings is 1. The Balaban J connectivity index is 1.71. The zero-order valence-electron chi connectivity index (χ0n) is 16.6. The molecular weight excluding hydrogens is 380 g/mol. The first-order valence-corrected chi connectivity index (χ1v) is 9.77. The van der Waals surface area contributed by atoms with Gasteiger partial charge in [0, 0.05) is 43.4 Å². The molecule has 0 spiro atoms. The van der Waals surface area contributed by atoms with Crippen LogP contribution in [0.25, 0.3) is 5.76 Å². The number of likely N-dealkylation sites (tertiary alicyclic amines) is 1. The highest BCUT2D eigenvalue weighted by molar-refractivity contribution is 6.46. The third-order valence-electron chi connectivity index (χ3n) is 5.26. The number of hydrogen-bond donors (Lipinski definition) is 1. The highest BCUT2D eigenvalue weighted by Gasteiger charge is 2.45. The highest BCUT2D eigenvalue weighted by Crippen LogP contribution is 2.39. The lowest BCUT2D eigenvalue weighted by Crippen LogP contribution is -2.31. The van der Waals surface area contributed by atoms with Crippen LogP contribution >= 0.6 is 0 Å². The topological polar surface area (TPSA) is 88.3 Å². The minimum atomic E-state index is -0.669. The predicted molar refractivity (Wildman–Crippen MR) is 111 cm³/mol. The Hall–Kier alpha value is -3.74. The number of carbonyl (C=O) groups excluding carboxylic acids is 2. The zero-order chi connectivity index (χ0) is 21.1. The van der Waals surface area contributed by atoms with E-state index in [1.54, 1.807) is 49.2 Å². The number of rotatable bonds is 6. The average Bonchev–Trinajstić information content (AvgIpc) is 3.37. The van der Waals surface area contributed by atoms with Crippen LogP contribution in [0.1, 0.15) is 29.2 Å². The number of amides is 1. The fourth-order valence-corrected chi connectivity index (χ4v) is 3.71. The number of imidazole rings is 1. The van der Waals surface area contributed by atoms with Crippen LogP contribution in [0.5, 0.6) is 0 Å². The molecule has 1 fully saturated rings. The van der Waals surface area contributed by atoms with E-state index >= 15 is 0 Å². The van der Waals surface area contributed by atoms with Crippen LogP contribution in [0.15, 0.2) is 73.1 Å². The summed E-state index contributed by atoms with van der Waals surface area (Å²) in [5, 5.41) is 11.0. The lowest BCUT2D eigenvalue weighted by molar-refractivity contribution is -0.139. The maximum Gasteiger partial charge on any atom is 0.295 e. The Kier molecular flexibility index (Phi) is 5.43. The maximum atomic E-state index is 12.9. The van der Waals surface area contributed by atoms with Gasteiger partial charge >= 0.3 is 0 Å². The van der Waals surface area contributed by atoms with Crippen molar-refractivity contribution in [3.05, 3.63) is 89.8 Å². The van der Waals surface area contributed by atoms with Gasteiger partial charge in [0.25, 0.3) is 11.7 Å². The quantitative estimate of drug-likeness (QED) is 0.389. The summed E-state index contributed by atoms with van der Waals surface area (Å²) in [6, 6.07) is 10.1. The second-order valence-electron chi connectivity index (χ2n) is 7.29. The first kappa shape index (κ1) is 19.6. The van der Waals surface area contributed by atoms with Gasteiger partial charge in [-0.15, -0.1) is 0 Å². The van der Waals surface area contributed by atoms with E-state index in [1.807, 2.05) is 29.8 Å². The molecule has 1 atom stereocenters. The molecule has 0 unspecified atom stereocenters. The third kappa shape index (κ3) is 3.74. The molecule has 1 amide bonds. The number of nitrogens with zero attached hydrogens (tertiary/aromatic N) is 4. The largest absolute Gasteiger partial charge is 0.507 e. The van der Waals surface area contributed by atoms with Gasteiger partial charge in [0.15, 0.2) is 0 Å². The summed E-state index contributed by atoms with van der Waals surface area (Å²) < 4.78 is 1.92. The summed E-state index contributed by atoms with van der Waals surface area (Å²) in [5.74, 6) is -1.43. The number of aliphatic hydroxyl groups excluding tert-OH is 1. The van der Waals surface area contributed by atoms with Crippen molar-refractivity contribution in [2.24, 2.45) is 0 Å². The van der Waals surface area contributed by atoms with Crippen LogP contribution in [0.3, 0.4) is 0 Å². The molecule has 1 aliphatic heterocycles. The Morgan fingerprint density at radius 3 is 2.40 bits per heavy atom. The molecule has 152 valence electrons. The van der Waals surface area contributed by atoms with Crippen LogP contribution in [-0.2, 0) is 16.1 Å². The van der Waals surface area contributed by atoms with Gasteiger partial charge in [0.2, 0.25) is 0 Å². The normalized spacial score (nSPS) is 18.2. The fourth-order valence-electron chi connectivity index (χ4n) is 3.71. The van der Waals surface area contributed by atoms with E-state index in [1.165, 1.54) is 4.90 Å². The molecule has 0 saturated carbocycles. The van der Waals surface area contributed by atoms with Crippen molar-refractivity contribution in [3.63, 3.8) is 0 Å². The van der Waals surface area contributed by atoms with E-state index in [0.29, 0.717) is 25.1 Å². The van der Waals surface area contributed by atoms with Gasteiger partial charge in [-0.1, -0.05) is 29.8 Å². The minimum Gasteiger partial charge on any atom is -0.507 e. The van der Waals surface area contributed by atoms with E-state index in [2.05, 4.69) is 9.97 Å². The van der Waals surface area contributed by atoms with Gasteiger partial charge in [-0.2, -0.15) is 0 Å². The smallest absolute Gasteiger partial charge is 0.295 e. The molecule has 7 heteroatoms. The molecule has 7 nitrogen and oxygen atoms in total. The van der Waals surface area contributed by atoms with Crippen molar-refractivity contribution in [1.82, 2.24) is 19.4 Å². The van der Waals surface area contributed by atoms with Crippen molar-refractivity contribution in [2.75, 3.05) is 6.54 Å². The number of Topliss-reactive ketones (excluding diaryl/α,β-unsaturated/α-hetero) is 1. The molecule has 3 aromatic rings. The number of carbonyl (C=O) groups is 2. The summed E-state index contributed by atoms with van der Waals surface area (Å²) in [6.07, 6.45) is 9.15. The SMILES string of the molecule is Cc1ccc(C(O)=C2C(=O)C(=O)N(CCCn3ccnc3)[C@@H]2c2ccncc2)cc1. The van der Waals surface area contributed by atoms with E-state index in [0.717, 1.165) is 11.1 Å². The Morgan fingerprint density at radius 2 is 1.73 bits per heavy atom.